The van der Waals surface area contributed by atoms with Crippen LogP contribution >= 0.6 is 0 Å². The SMILES string of the molecule is CN=C(NCC(c1cnn(C)c1)N(C)C)N1CCC(c2ccc(OC)cc2)C1. The summed E-state index contributed by atoms with van der Waals surface area (Å²) in [4.78, 5) is 9.09. The van der Waals surface area contributed by atoms with Crippen molar-refractivity contribution in [3.05, 3.63) is 47.8 Å². The Bertz CT molecular complexity index is 782. The van der Waals surface area contributed by atoms with Crippen molar-refractivity contribution in [1.29, 1.82) is 0 Å². The third kappa shape index (κ3) is 4.65. The number of aliphatic imine (C=N–C) groups is 1. The van der Waals surface area contributed by atoms with Gasteiger partial charge in [-0.1, -0.05) is 12.1 Å². The van der Waals surface area contributed by atoms with E-state index >= 15 is 0 Å². The molecule has 1 N–H and O–H groups in total. The number of nitrogens with one attached hydrogen (secondary N) is 1. The molecule has 0 bridgehead atoms. The standard InChI is InChI=1S/C21H32N6O/c1-22-21(23-13-20(25(2)3)18-12-24-26(4)14-18)27-11-10-17(15-27)16-6-8-19(28-5)9-7-16/h6-9,12,14,17,20H,10-11,13,15H2,1-5H3,(H,22,23). The van der Waals surface area contributed by atoms with Gasteiger partial charge in [0, 0.05) is 51.4 Å². The van der Waals surface area contributed by atoms with Gasteiger partial charge in [0.2, 0.25) is 0 Å². The lowest BCUT2D eigenvalue weighted by atomic mass is 9.98. The van der Waals surface area contributed by atoms with Crippen molar-refractivity contribution >= 4 is 5.96 Å². The van der Waals surface area contributed by atoms with Crippen LogP contribution in [0.1, 0.15) is 29.5 Å². The van der Waals surface area contributed by atoms with E-state index in [0.717, 1.165) is 37.8 Å². The third-order valence-electron chi connectivity index (χ3n) is 5.47. The van der Waals surface area contributed by atoms with Gasteiger partial charge in [-0.15, -0.1) is 0 Å². The summed E-state index contributed by atoms with van der Waals surface area (Å²) < 4.78 is 7.12. The molecule has 1 fully saturated rings. The van der Waals surface area contributed by atoms with E-state index < -0.39 is 0 Å². The van der Waals surface area contributed by atoms with Gasteiger partial charge >= 0.3 is 0 Å². The maximum Gasteiger partial charge on any atom is 0.193 e. The number of ether oxygens (including phenoxy) is 1. The molecule has 2 atom stereocenters. The first kappa shape index (κ1) is 20.2. The highest BCUT2D eigenvalue weighted by Crippen LogP contribution is 2.28. The number of benzene rings is 1. The molecular weight excluding hydrogens is 352 g/mol. The fourth-order valence-corrected chi connectivity index (χ4v) is 3.83. The van der Waals surface area contributed by atoms with E-state index in [9.17, 15) is 0 Å². The molecule has 1 aliphatic heterocycles. The second-order valence-electron chi connectivity index (χ2n) is 7.56. The van der Waals surface area contributed by atoms with Crippen LogP contribution < -0.4 is 10.1 Å². The predicted octanol–water partition coefficient (Wildman–Crippen LogP) is 2.10. The second kappa shape index (κ2) is 9.10. The lowest BCUT2D eigenvalue weighted by Gasteiger charge is -2.27. The Morgan fingerprint density at radius 1 is 1.36 bits per heavy atom. The summed E-state index contributed by atoms with van der Waals surface area (Å²) in [6.07, 6.45) is 5.14. The maximum absolute atomic E-state index is 5.27. The summed E-state index contributed by atoms with van der Waals surface area (Å²) in [5.41, 5.74) is 2.56. The number of likely N-dealkylation sites (N-methyl/N-ethyl adjacent to an activating group) is 1. The minimum atomic E-state index is 0.241. The first-order valence-electron chi connectivity index (χ1n) is 9.76. The lowest BCUT2D eigenvalue weighted by molar-refractivity contribution is 0.295. The Labute approximate surface area is 168 Å². The van der Waals surface area contributed by atoms with Crippen molar-refractivity contribution in [2.45, 2.75) is 18.4 Å². The van der Waals surface area contributed by atoms with E-state index in [1.165, 1.54) is 11.1 Å². The zero-order chi connectivity index (χ0) is 20.1. The Balaban J connectivity index is 1.60. The van der Waals surface area contributed by atoms with Crippen LogP contribution in [0.2, 0.25) is 0 Å². The average Bonchev–Trinajstić information content (AvgIpc) is 3.34. The number of likely N-dealkylation sites (tertiary alicyclic amines) is 1. The molecule has 1 aromatic heterocycles. The number of aryl methyl sites for hydroxylation is 1. The molecule has 1 aromatic carbocycles. The van der Waals surface area contributed by atoms with Gasteiger partial charge in [0.15, 0.2) is 5.96 Å². The van der Waals surface area contributed by atoms with E-state index in [2.05, 4.69) is 57.6 Å². The van der Waals surface area contributed by atoms with Crippen molar-refractivity contribution in [3.63, 3.8) is 0 Å². The van der Waals surface area contributed by atoms with Crippen molar-refractivity contribution in [2.75, 3.05) is 47.9 Å². The summed E-state index contributed by atoms with van der Waals surface area (Å²) in [7, 11) is 9.70. The number of methoxy groups -OCH3 is 1. The summed E-state index contributed by atoms with van der Waals surface area (Å²) in [6, 6.07) is 8.67. The fraction of sp³-hybridized carbons (Fsp3) is 0.524. The van der Waals surface area contributed by atoms with Gasteiger partial charge < -0.3 is 19.9 Å². The summed E-state index contributed by atoms with van der Waals surface area (Å²) in [5.74, 6) is 2.39. The van der Waals surface area contributed by atoms with Gasteiger partial charge in [0.05, 0.1) is 19.3 Å². The lowest BCUT2D eigenvalue weighted by Crippen LogP contribution is -2.43. The smallest absolute Gasteiger partial charge is 0.193 e. The van der Waals surface area contributed by atoms with Crippen LogP contribution in [-0.4, -0.2) is 73.4 Å². The van der Waals surface area contributed by atoms with Gasteiger partial charge in [-0.25, -0.2) is 0 Å². The number of aromatic nitrogens is 2. The van der Waals surface area contributed by atoms with Gasteiger partial charge in [-0.05, 0) is 38.2 Å². The quantitative estimate of drug-likeness (QED) is 0.611. The van der Waals surface area contributed by atoms with E-state index in [0.29, 0.717) is 5.92 Å². The van der Waals surface area contributed by atoms with Gasteiger partial charge in [0.1, 0.15) is 5.75 Å². The summed E-state index contributed by atoms with van der Waals surface area (Å²) >= 11 is 0. The maximum atomic E-state index is 5.27. The highest BCUT2D eigenvalue weighted by atomic mass is 16.5. The molecular formula is C21H32N6O. The summed E-state index contributed by atoms with van der Waals surface area (Å²) in [6.45, 7) is 2.77. The van der Waals surface area contributed by atoms with Crippen LogP contribution in [0.15, 0.2) is 41.7 Å². The largest absolute Gasteiger partial charge is 0.497 e. The second-order valence-corrected chi connectivity index (χ2v) is 7.56. The molecule has 7 heteroatoms. The number of guanidine groups is 1. The number of rotatable bonds is 6. The van der Waals surface area contributed by atoms with E-state index in [1.54, 1.807) is 7.11 Å². The van der Waals surface area contributed by atoms with Gasteiger partial charge in [-0.2, -0.15) is 5.10 Å². The van der Waals surface area contributed by atoms with Crippen molar-refractivity contribution in [1.82, 2.24) is 24.9 Å². The highest BCUT2D eigenvalue weighted by molar-refractivity contribution is 5.80. The van der Waals surface area contributed by atoms with Crippen LogP contribution in [0.4, 0.5) is 0 Å². The Hall–Kier alpha value is -2.54. The van der Waals surface area contributed by atoms with Crippen LogP contribution in [0.5, 0.6) is 5.75 Å². The normalized spacial score (nSPS) is 18.6. The molecule has 28 heavy (non-hydrogen) atoms. The van der Waals surface area contributed by atoms with Gasteiger partial charge in [0.25, 0.3) is 0 Å². The van der Waals surface area contributed by atoms with Crippen LogP contribution in [-0.2, 0) is 7.05 Å². The molecule has 0 radical (unpaired) electrons. The van der Waals surface area contributed by atoms with E-state index in [1.807, 2.05) is 37.1 Å². The van der Waals surface area contributed by atoms with Crippen LogP contribution in [0, 0.1) is 0 Å². The third-order valence-corrected chi connectivity index (χ3v) is 5.47. The first-order chi connectivity index (χ1) is 13.5. The number of hydrogen-bond acceptors (Lipinski definition) is 4. The average molecular weight is 385 g/mol. The Morgan fingerprint density at radius 2 is 2.11 bits per heavy atom. The monoisotopic (exact) mass is 384 g/mol. The molecule has 1 aliphatic rings. The van der Waals surface area contributed by atoms with Crippen molar-refractivity contribution < 1.29 is 4.74 Å². The minimum Gasteiger partial charge on any atom is -0.497 e. The zero-order valence-electron chi connectivity index (χ0n) is 17.6. The molecule has 2 unspecified atom stereocenters. The molecule has 0 saturated carbocycles. The molecule has 2 heterocycles. The zero-order valence-corrected chi connectivity index (χ0v) is 17.6. The molecule has 7 nitrogen and oxygen atoms in total. The van der Waals surface area contributed by atoms with Gasteiger partial charge in [-0.3, -0.25) is 9.67 Å². The molecule has 1 saturated heterocycles. The number of hydrogen-bond donors (Lipinski definition) is 1. The highest BCUT2D eigenvalue weighted by Gasteiger charge is 2.27. The number of nitrogens with zero attached hydrogens (tertiary/aromatic N) is 5. The Kier molecular flexibility index (Phi) is 6.57. The molecule has 0 amide bonds. The molecule has 152 valence electrons. The minimum absolute atomic E-state index is 0.241. The first-order valence-corrected chi connectivity index (χ1v) is 9.76. The predicted molar refractivity (Wildman–Crippen MR) is 113 cm³/mol. The molecule has 0 aliphatic carbocycles. The Morgan fingerprint density at radius 3 is 2.68 bits per heavy atom. The topological polar surface area (TPSA) is 57.9 Å². The molecule has 0 spiro atoms. The van der Waals surface area contributed by atoms with Crippen LogP contribution in [0.25, 0.3) is 0 Å². The van der Waals surface area contributed by atoms with E-state index in [-0.39, 0.29) is 6.04 Å². The van der Waals surface area contributed by atoms with E-state index in [4.69, 9.17) is 4.74 Å². The molecule has 3 rings (SSSR count). The fourth-order valence-electron chi connectivity index (χ4n) is 3.83. The van der Waals surface area contributed by atoms with Crippen molar-refractivity contribution in [3.8, 4) is 5.75 Å². The van der Waals surface area contributed by atoms with Crippen molar-refractivity contribution in [2.24, 2.45) is 12.0 Å². The summed E-state index contributed by atoms with van der Waals surface area (Å²) in [5, 5.41) is 7.88. The molecule has 2 aromatic rings. The van der Waals surface area contributed by atoms with Crippen LogP contribution in [0.3, 0.4) is 0 Å².